The van der Waals surface area contributed by atoms with Gasteiger partial charge in [0.15, 0.2) is 0 Å². The monoisotopic (exact) mass is 347 g/mol. The Balaban J connectivity index is 1.90. The van der Waals surface area contributed by atoms with Gasteiger partial charge in [-0.05, 0) is 54.3 Å². The van der Waals surface area contributed by atoms with Crippen molar-refractivity contribution in [3.05, 3.63) is 58.1 Å². The molecule has 0 atom stereocenters. The predicted molar refractivity (Wildman–Crippen MR) is 97.1 cm³/mol. The molecule has 5 heteroatoms. The first-order chi connectivity index (χ1) is 11.5. The first-order valence-corrected chi connectivity index (χ1v) is 8.22. The van der Waals surface area contributed by atoms with Crippen LogP contribution in [-0.2, 0) is 0 Å². The summed E-state index contributed by atoms with van der Waals surface area (Å²) in [7, 11) is 0. The summed E-state index contributed by atoms with van der Waals surface area (Å²) in [5, 5.41) is 12.3. The number of hydrogen-bond donors (Lipinski definition) is 1. The molecule has 0 amide bonds. The van der Waals surface area contributed by atoms with E-state index in [9.17, 15) is 0 Å². The highest BCUT2D eigenvalue weighted by molar-refractivity contribution is 6.30. The van der Waals surface area contributed by atoms with E-state index in [1.165, 1.54) is 17.3 Å². The molecule has 0 spiro atoms. The van der Waals surface area contributed by atoms with E-state index >= 15 is 0 Å². The van der Waals surface area contributed by atoms with Crippen LogP contribution in [0.4, 0.5) is 0 Å². The smallest absolute Gasteiger partial charge is 0.128 e. The Bertz CT molecular complexity index is 714. The number of aryl methyl sites for hydroxylation is 1. The van der Waals surface area contributed by atoms with Gasteiger partial charge in [-0.2, -0.15) is 0 Å². The molecule has 0 fully saturated rings. The molecular weight excluding hydrogens is 326 g/mol. The van der Waals surface area contributed by atoms with Gasteiger partial charge in [0.25, 0.3) is 0 Å². The van der Waals surface area contributed by atoms with Crippen LogP contribution in [-0.4, -0.2) is 24.6 Å². The number of benzene rings is 2. The lowest BCUT2D eigenvalue weighted by Gasteiger charge is -2.13. The number of halogens is 1. The van der Waals surface area contributed by atoms with Crippen LogP contribution in [0.2, 0.25) is 5.02 Å². The van der Waals surface area contributed by atoms with Crippen molar-refractivity contribution < 1.29 is 14.7 Å². The molecule has 0 heterocycles. The fourth-order valence-electron chi connectivity index (χ4n) is 2.51. The van der Waals surface area contributed by atoms with Crippen LogP contribution in [0.3, 0.4) is 0 Å². The second-order valence-corrected chi connectivity index (χ2v) is 6.23. The maximum atomic E-state index is 8.69. The highest BCUT2D eigenvalue weighted by atomic mass is 35.5. The molecule has 0 unspecified atom stereocenters. The van der Waals surface area contributed by atoms with E-state index in [1.54, 1.807) is 18.2 Å². The van der Waals surface area contributed by atoms with E-state index in [4.69, 9.17) is 26.3 Å². The SMILES string of the molecule is Cc1cc(OCCOc2ccc(Cl)cc2C=NO)ccc1C(C)C. The third kappa shape index (κ3) is 4.90. The number of ether oxygens (including phenoxy) is 2. The number of hydrogen-bond acceptors (Lipinski definition) is 4. The largest absolute Gasteiger partial charge is 0.490 e. The van der Waals surface area contributed by atoms with E-state index in [0.29, 0.717) is 35.5 Å². The zero-order chi connectivity index (χ0) is 17.5. The molecule has 2 aromatic rings. The summed E-state index contributed by atoms with van der Waals surface area (Å²) < 4.78 is 11.4. The summed E-state index contributed by atoms with van der Waals surface area (Å²) in [5.74, 6) is 1.92. The lowest BCUT2D eigenvalue weighted by atomic mass is 9.98. The van der Waals surface area contributed by atoms with Gasteiger partial charge in [0.2, 0.25) is 0 Å². The Morgan fingerprint density at radius 2 is 1.88 bits per heavy atom. The van der Waals surface area contributed by atoms with Crippen molar-refractivity contribution in [1.82, 2.24) is 0 Å². The highest BCUT2D eigenvalue weighted by Gasteiger charge is 2.06. The average molecular weight is 348 g/mol. The topological polar surface area (TPSA) is 51.0 Å². The van der Waals surface area contributed by atoms with E-state index in [2.05, 4.69) is 32.0 Å². The molecule has 0 aliphatic carbocycles. The van der Waals surface area contributed by atoms with Crippen LogP contribution >= 0.6 is 11.6 Å². The van der Waals surface area contributed by atoms with E-state index in [0.717, 1.165) is 5.75 Å². The fourth-order valence-corrected chi connectivity index (χ4v) is 2.69. The Morgan fingerprint density at radius 3 is 2.54 bits per heavy atom. The summed E-state index contributed by atoms with van der Waals surface area (Å²) in [6.07, 6.45) is 1.29. The van der Waals surface area contributed by atoms with Crippen molar-refractivity contribution in [2.45, 2.75) is 26.7 Å². The molecule has 2 rings (SSSR count). The highest BCUT2D eigenvalue weighted by Crippen LogP contribution is 2.24. The Morgan fingerprint density at radius 1 is 1.12 bits per heavy atom. The second-order valence-electron chi connectivity index (χ2n) is 5.80. The summed E-state index contributed by atoms with van der Waals surface area (Å²) >= 11 is 5.92. The minimum Gasteiger partial charge on any atom is -0.490 e. The van der Waals surface area contributed by atoms with Gasteiger partial charge in [-0.3, -0.25) is 0 Å². The summed E-state index contributed by atoms with van der Waals surface area (Å²) in [4.78, 5) is 0. The van der Waals surface area contributed by atoms with Gasteiger partial charge in [-0.25, -0.2) is 0 Å². The number of rotatable bonds is 7. The summed E-state index contributed by atoms with van der Waals surface area (Å²) in [6.45, 7) is 7.23. The molecule has 0 saturated heterocycles. The third-order valence-electron chi connectivity index (χ3n) is 3.64. The minimum atomic E-state index is 0.374. The van der Waals surface area contributed by atoms with E-state index in [1.807, 2.05) is 12.1 Å². The average Bonchev–Trinajstić information content (AvgIpc) is 2.53. The van der Waals surface area contributed by atoms with Gasteiger partial charge < -0.3 is 14.7 Å². The van der Waals surface area contributed by atoms with Gasteiger partial charge >= 0.3 is 0 Å². The van der Waals surface area contributed by atoms with Crippen molar-refractivity contribution in [3.8, 4) is 11.5 Å². The zero-order valence-electron chi connectivity index (χ0n) is 14.1. The molecule has 0 aromatic heterocycles. The Labute approximate surface area is 147 Å². The maximum Gasteiger partial charge on any atom is 0.128 e. The van der Waals surface area contributed by atoms with Gasteiger partial charge in [-0.15, -0.1) is 0 Å². The number of nitrogens with zero attached hydrogens (tertiary/aromatic N) is 1. The molecule has 0 radical (unpaired) electrons. The van der Waals surface area contributed by atoms with Crippen molar-refractivity contribution in [2.24, 2.45) is 5.16 Å². The third-order valence-corrected chi connectivity index (χ3v) is 3.88. The zero-order valence-corrected chi connectivity index (χ0v) is 14.9. The molecule has 0 saturated carbocycles. The second kappa shape index (κ2) is 8.60. The van der Waals surface area contributed by atoms with Gasteiger partial charge in [0.05, 0.1) is 6.21 Å². The predicted octanol–water partition coefficient (Wildman–Crippen LogP) is 5.04. The van der Waals surface area contributed by atoms with Crippen LogP contribution in [0.5, 0.6) is 11.5 Å². The fraction of sp³-hybridized carbons (Fsp3) is 0.316. The van der Waals surface area contributed by atoms with Crippen molar-refractivity contribution in [1.29, 1.82) is 0 Å². The van der Waals surface area contributed by atoms with Crippen LogP contribution < -0.4 is 9.47 Å². The molecular formula is C19H22ClNO3. The number of oxime groups is 1. The standard InChI is InChI=1S/C19H22ClNO3/c1-13(2)18-6-5-17(10-14(18)3)23-8-9-24-19-7-4-16(20)11-15(19)12-21-22/h4-7,10-13,22H,8-9H2,1-3H3. The van der Waals surface area contributed by atoms with Crippen LogP contribution in [0.25, 0.3) is 0 Å². The lowest BCUT2D eigenvalue weighted by Crippen LogP contribution is -2.10. The molecule has 4 nitrogen and oxygen atoms in total. The quantitative estimate of drug-likeness (QED) is 0.330. The molecule has 0 aliphatic heterocycles. The van der Waals surface area contributed by atoms with Gasteiger partial charge in [0.1, 0.15) is 24.7 Å². The van der Waals surface area contributed by atoms with Crippen LogP contribution in [0.15, 0.2) is 41.6 Å². The summed E-state index contributed by atoms with van der Waals surface area (Å²) in [5.41, 5.74) is 3.16. The van der Waals surface area contributed by atoms with Crippen molar-refractivity contribution in [2.75, 3.05) is 13.2 Å². The van der Waals surface area contributed by atoms with Crippen LogP contribution in [0, 0.1) is 6.92 Å². The molecule has 1 N–H and O–H groups in total. The van der Waals surface area contributed by atoms with E-state index in [-0.39, 0.29) is 0 Å². The normalized spacial score (nSPS) is 11.2. The molecule has 128 valence electrons. The molecule has 0 aliphatic rings. The minimum absolute atomic E-state index is 0.374. The Hall–Kier alpha value is -2.20. The molecule has 24 heavy (non-hydrogen) atoms. The van der Waals surface area contributed by atoms with Crippen LogP contribution in [0.1, 0.15) is 36.5 Å². The maximum absolute atomic E-state index is 8.69. The molecule has 0 bridgehead atoms. The van der Waals surface area contributed by atoms with Gasteiger partial charge in [0, 0.05) is 10.6 Å². The Kier molecular flexibility index (Phi) is 6.50. The lowest BCUT2D eigenvalue weighted by molar-refractivity contribution is 0.217. The summed E-state index contributed by atoms with van der Waals surface area (Å²) in [6, 6.07) is 11.3. The first-order valence-electron chi connectivity index (χ1n) is 7.84. The molecule has 2 aromatic carbocycles. The van der Waals surface area contributed by atoms with E-state index < -0.39 is 0 Å². The van der Waals surface area contributed by atoms with Crippen molar-refractivity contribution in [3.63, 3.8) is 0 Å². The van der Waals surface area contributed by atoms with Gasteiger partial charge in [-0.1, -0.05) is 36.7 Å². The first kappa shape index (κ1) is 18.1. The van der Waals surface area contributed by atoms with Crippen molar-refractivity contribution >= 4 is 17.8 Å².